The average Bonchev–Trinajstić information content (AvgIpc) is 3.85. The molecule has 12 heteroatoms. The van der Waals surface area contributed by atoms with Gasteiger partial charge in [-0.2, -0.15) is 0 Å². The molecule has 0 bridgehead atoms. The smallest absolute Gasteiger partial charge is 0.256 e. The lowest BCUT2D eigenvalue weighted by molar-refractivity contribution is -0.238. The van der Waals surface area contributed by atoms with Gasteiger partial charge in [-0.25, -0.2) is 15.0 Å². The predicted octanol–water partition coefficient (Wildman–Crippen LogP) is 8.15. The van der Waals surface area contributed by atoms with Crippen molar-refractivity contribution in [3.8, 4) is 0 Å². The van der Waals surface area contributed by atoms with Crippen molar-refractivity contribution in [2.24, 2.45) is 23.7 Å². The number of imidazole rings is 1. The molecule has 3 unspecified atom stereocenters. The molecule has 8 aromatic rings. The molecule has 372 valence electrons. The van der Waals surface area contributed by atoms with E-state index >= 15 is 0 Å². The van der Waals surface area contributed by atoms with Gasteiger partial charge in [-0.15, -0.1) is 0 Å². The van der Waals surface area contributed by atoms with Crippen molar-refractivity contribution in [2.45, 2.75) is 77.2 Å². The van der Waals surface area contributed by atoms with Crippen molar-refractivity contribution in [3.05, 3.63) is 195 Å². The fraction of sp³-hybridized carbons (Fsp3) is 0.317. The molecule has 1 aliphatic rings. The molecule has 9 nitrogen and oxygen atoms in total. The Hall–Kier alpha value is -5.84. The second-order valence-electron chi connectivity index (χ2n) is 21.3. The summed E-state index contributed by atoms with van der Waals surface area (Å²) in [5.74, 6) is 0.795. The standard InChI is InChI=1S/C60H71N5O4Si3/c1-46(2)39-70(50-25-13-7-14-26-50,51-27-15-8-16-28-51)67-38-49-37-59(65-45-64-56-57(61)62-44-63-58(56)65,42-68-71(40-47(3)4,52-29-17-9-18-30-52)53-31-19-10-20-32-53)60(49,66)43-69-72(41-48(5)6,54-33-21-11-22-34-54)55-35-23-12-24-36-55/h7-36,44-49,66H,37-43H2,1-6H3,(H2,61,62,63). The number of aliphatic hydroxyl groups is 1. The molecule has 6 aromatic carbocycles. The summed E-state index contributed by atoms with van der Waals surface area (Å²) in [7, 11) is -9.14. The van der Waals surface area contributed by atoms with Crippen LogP contribution in [0.15, 0.2) is 195 Å². The Balaban J connectivity index is 1.25. The van der Waals surface area contributed by atoms with Gasteiger partial charge in [0.05, 0.1) is 19.5 Å². The topological polar surface area (TPSA) is 118 Å². The van der Waals surface area contributed by atoms with Crippen LogP contribution in [0.4, 0.5) is 5.82 Å². The Kier molecular flexibility index (Phi) is 15.4. The summed E-state index contributed by atoms with van der Waals surface area (Å²) in [6.45, 7) is 14.1. The van der Waals surface area contributed by atoms with Crippen LogP contribution < -0.4 is 36.9 Å². The predicted molar refractivity (Wildman–Crippen MR) is 301 cm³/mol. The molecule has 9 rings (SSSR count). The van der Waals surface area contributed by atoms with Crippen molar-refractivity contribution in [3.63, 3.8) is 0 Å². The van der Waals surface area contributed by atoms with E-state index in [1.54, 1.807) is 6.33 Å². The lowest BCUT2D eigenvalue weighted by atomic mass is 9.55. The SMILES string of the molecule is CC(C)C[Si](OCC1CC(CO[Si](CC(C)C)(c2ccccc2)c2ccccc2)(n2cnc3c(N)ncnc32)C1(O)CO[Si](CC(C)C)(c1ccccc1)c1ccccc1)(c1ccccc1)c1ccccc1. The highest BCUT2D eigenvalue weighted by Crippen LogP contribution is 2.55. The van der Waals surface area contributed by atoms with E-state index in [4.69, 9.17) is 29.0 Å². The van der Waals surface area contributed by atoms with Crippen LogP contribution in [0, 0.1) is 23.7 Å². The van der Waals surface area contributed by atoms with Crippen molar-refractivity contribution >= 4 is 73.1 Å². The van der Waals surface area contributed by atoms with Crippen LogP contribution in [0.1, 0.15) is 48.0 Å². The van der Waals surface area contributed by atoms with Gasteiger partial charge in [0.2, 0.25) is 0 Å². The Bertz CT molecular complexity index is 2850. The van der Waals surface area contributed by atoms with Crippen LogP contribution in [0.2, 0.25) is 18.1 Å². The Morgan fingerprint density at radius 2 is 0.861 bits per heavy atom. The van der Waals surface area contributed by atoms with Crippen LogP contribution >= 0.6 is 0 Å². The zero-order valence-corrected chi connectivity index (χ0v) is 45.8. The second-order valence-corrected chi connectivity index (χ2v) is 31.8. The fourth-order valence-corrected chi connectivity index (χ4v) is 24.8. The maximum Gasteiger partial charge on any atom is 0.256 e. The van der Waals surface area contributed by atoms with Gasteiger partial charge in [-0.05, 0) is 73.4 Å². The van der Waals surface area contributed by atoms with Crippen molar-refractivity contribution in [1.82, 2.24) is 19.5 Å². The lowest BCUT2D eigenvalue weighted by Crippen LogP contribution is -2.77. The summed E-state index contributed by atoms with van der Waals surface area (Å²) < 4.78 is 25.6. The van der Waals surface area contributed by atoms with E-state index in [9.17, 15) is 5.11 Å². The molecule has 2 heterocycles. The van der Waals surface area contributed by atoms with E-state index in [0.29, 0.717) is 29.4 Å². The molecule has 2 aromatic heterocycles. The van der Waals surface area contributed by atoms with Crippen LogP contribution in [0.3, 0.4) is 0 Å². The third-order valence-electron chi connectivity index (χ3n) is 15.0. The van der Waals surface area contributed by atoms with Crippen LogP contribution in [-0.4, -0.2) is 75.0 Å². The van der Waals surface area contributed by atoms with Crippen LogP contribution in [0.5, 0.6) is 0 Å². The lowest BCUT2D eigenvalue weighted by Gasteiger charge is -2.62. The highest BCUT2D eigenvalue weighted by molar-refractivity contribution is 6.98. The largest absolute Gasteiger partial charge is 0.407 e. The minimum Gasteiger partial charge on any atom is -0.407 e. The van der Waals surface area contributed by atoms with E-state index in [-0.39, 0.29) is 31.6 Å². The van der Waals surface area contributed by atoms with Gasteiger partial charge < -0.3 is 28.7 Å². The van der Waals surface area contributed by atoms with Gasteiger partial charge in [0, 0.05) is 12.5 Å². The Labute approximate surface area is 429 Å². The molecule has 1 saturated carbocycles. The number of aromatic nitrogens is 4. The number of hydrogen-bond acceptors (Lipinski definition) is 8. The van der Waals surface area contributed by atoms with Crippen LogP contribution in [-0.2, 0) is 18.8 Å². The van der Waals surface area contributed by atoms with E-state index in [2.05, 4.69) is 233 Å². The first kappa shape index (κ1) is 51.1. The first-order chi connectivity index (χ1) is 34.9. The summed E-state index contributed by atoms with van der Waals surface area (Å²) in [6.07, 6.45) is 3.77. The molecule has 3 N–H and O–H groups in total. The van der Waals surface area contributed by atoms with Gasteiger partial charge in [-0.3, -0.25) is 0 Å². The molecular weight excluding hydrogens is 939 g/mol. The molecule has 3 atom stereocenters. The highest BCUT2D eigenvalue weighted by Gasteiger charge is 2.68. The number of fused-ring (bicyclic) bond motifs is 1. The maximum absolute atomic E-state index is 14.8. The summed E-state index contributed by atoms with van der Waals surface area (Å²) >= 11 is 0. The van der Waals surface area contributed by atoms with Crippen molar-refractivity contribution in [1.29, 1.82) is 0 Å². The Morgan fingerprint density at radius 3 is 1.22 bits per heavy atom. The van der Waals surface area contributed by atoms with Gasteiger partial charge in [0.15, 0.2) is 11.5 Å². The maximum atomic E-state index is 14.8. The minimum atomic E-state index is -3.11. The first-order valence-electron chi connectivity index (χ1n) is 25.8. The van der Waals surface area contributed by atoms with Gasteiger partial charge in [-0.1, -0.05) is 224 Å². The molecular formula is C60H71N5O4Si3. The number of nitrogens with zero attached hydrogens (tertiary/aromatic N) is 4. The average molecular weight is 1010 g/mol. The zero-order chi connectivity index (χ0) is 50.4. The Morgan fingerprint density at radius 1 is 0.514 bits per heavy atom. The molecule has 0 radical (unpaired) electrons. The number of hydrogen-bond donors (Lipinski definition) is 2. The second kappa shape index (κ2) is 21.7. The van der Waals surface area contributed by atoms with Gasteiger partial charge >= 0.3 is 0 Å². The summed E-state index contributed by atoms with van der Waals surface area (Å²) in [6, 6.07) is 66.9. The normalized spacial score (nSPS) is 18.5. The molecule has 72 heavy (non-hydrogen) atoms. The third-order valence-corrected chi connectivity index (χ3v) is 28.7. The fourth-order valence-electron chi connectivity index (χ4n) is 11.7. The summed E-state index contributed by atoms with van der Waals surface area (Å²) in [5.41, 5.74) is 4.85. The van der Waals surface area contributed by atoms with E-state index in [0.717, 1.165) is 28.5 Å². The van der Waals surface area contributed by atoms with Crippen LogP contribution in [0.25, 0.3) is 11.2 Å². The zero-order valence-electron chi connectivity index (χ0n) is 42.8. The van der Waals surface area contributed by atoms with Gasteiger partial charge in [0.1, 0.15) is 23.0 Å². The van der Waals surface area contributed by atoms with Gasteiger partial charge in [0.25, 0.3) is 25.0 Å². The van der Waals surface area contributed by atoms with E-state index < -0.39 is 42.0 Å². The van der Waals surface area contributed by atoms with Crippen molar-refractivity contribution in [2.75, 3.05) is 25.6 Å². The highest BCUT2D eigenvalue weighted by atomic mass is 28.4. The molecule has 0 aliphatic heterocycles. The number of rotatable bonds is 22. The number of nitrogens with two attached hydrogens (primary N) is 1. The van der Waals surface area contributed by atoms with E-state index in [1.807, 2.05) is 0 Å². The quantitative estimate of drug-likeness (QED) is 0.0654. The monoisotopic (exact) mass is 1010 g/mol. The number of benzene rings is 6. The number of nitrogen functional groups attached to an aromatic ring is 1. The summed E-state index contributed by atoms with van der Waals surface area (Å²) in [4.78, 5) is 14.2. The molecule has 0 saturated heterocycles. The van der Waals surface area contributed by atoms with E-state index in [1.165, 1.54) is 27.1 Å². The molecule has 0 amide bonds. The van der Waals surface area contributed by atoms with Crippen molar-refractivity contribution < 1.29 is 18.4 Å². The summed E-state index contributed by atoms with van der Waals surface area (Å²) in [5, 5.41) is 21.8. The molecule has 0 spiro atoms. The molecule has 1 aliphatic carbocycles. The number of anilines is 1. The molecule has 1 fully saturated rings. The first-order valence-corrected chi connectivity index (χ1v) is 32.1. The minimum absolute atomic E-state index is 0.00181. The third kappa shape index (κ3) is 9.73.